The molecule has 1 heterocycles. The molecule has 9 heteroatoms. The number of benzene rings is 1. The van der Waals surface area contributed by atoms with E-state index in [1.54, 1.807) is 6.92 Å². The molecule has 2 rings (SSSR count). The molecule has 0 amide bonds. The molecule has 106 valence electrons. The van der Waals surface area contributed by atoms with E-state index in [1.165, 1.54) is 19.1 Å². The normalized spacial score (nSPS) is 11.3. The van der Waals surface area contributed by atoms with E-state index in [9.17, 15) is 13.2 Å². The molecule has 0 aliphatic carbocycles. The van der Waals surface area contributed by atoms with Crippen LogP contribution in [0, 0.1) is 13.8 Å². The summed E-state index contributed by atoms with van der Waals surface area (Å²) in [5, 5.41) is 12.4. The van der Waals surface area contributed by atoms with Crippen molar-refractivity contribution in [3.63, 3.8) is 0 Å². The molecule has 20 heavy (non-hydrogen) atoms. The number of carbonyl (C=O) groups is 1. The van der Waals surface area contributed by atoms with E-state index in [0.717, 1.165) is 6.07 Å². The predicted molar refractivity (Wildman–Crippen MR) is 68.0 cm³/mol. The summed E-state index contributed by atoms with van der Waals surface area (Å²) in [6, 6.07) is 3.54. The molecule has 1 aromatic heterocycles. The number of rotatable bonds is 4. The van der Waals surface area contributed by atoms with Crippen molar-refractivity contribution in [2.24, 2.45) is 0 Å². The first-order chi connectivity index (χ1) is 9.29. The van der Waals surface area contributed by atoms with Crippen LogP contribution in [0.4, 0.5) is 6.01 Å². The third-order valence-corrected chi connectivity index (χ3v) is 3.94. The molecule has 0 atom stereocenters. The maximum absolute atomic E-state index is 12.2. The van der Waals surface area contributed by atoms with E-state index in [0.29, 0.717) is 5.56 Å². The average molecular weight is 297 g/mol. The van der Waals surface area contributed by atoms with Crippen molar-refractivity contribution in [1.29, 1.82) is 0 Å². The monoisotopic (exact) mass is 297 g/mol. The van der Waals surface area contributed by atoms with Crippen LogP contribution < -0.4 is 4.72 Å². The molecule has 0 bridgehead atoms. The largest absolute Gasteiger partial charge is 0.478 e. The summed E-state index contributed by atoms with van der Waals surface area (Å²) in [7, 11) is -4.00. The fourth-order valence-electron chi connectivity index (χ4n) is 1.53. The van der Waals surface area contributed by atoms with E-state index in [1.807, 2.05) is 0 Å². The molecule has 0 radical (unpaired) electrons. The Kier molecular flexibility index (Phi) is 3.45. The zero-order valence-electron chi connectivity index (χ0n) is 10.6. The minimum absolute atomic E-state index is 0.127. The smallest absolute Gasteiger partial charge is 0.335 e. The zero-order chi connectivity index (χ0) is 14.9. The highest BCUT2D eigenvalue weighted by Gasteiger charge is 2.21. The number of sulfonamides is 1. The summed E-state index contributed by atoms with van der Waals surface area (Å²) < 4.78 is 31.1. The third kappa shape index (κ3) is 2.77. The Balaban J connectivity index is 2.43. The molecule has 2 aromatic rings. The quantitative estimate of drug-likeness (QED) is 0.868. The standard InChI is InChI=1S/C11H11N3O5S/c1-6-3-4-8(10(15)16)5-9(6)20(17,18)14-11-12-7(2)13-19-11/h3-5H,1-2H3,(H,15,16)(H,12,13,14). The van der Waals surface area contributed by atoms with Gasteiger partial charge in [-0.25, -0.2) is 17.9 Å². The molecule has 8 nitrogen and oxygen atoms in total. The van der Waals surface area contributed by atoms with Gasteiger partial charge in [0.25, 0.3) is 10.0 Å². The van der Waals surface area contributed by atoms with Gasteiger partial charge >= 0.3 is 12.0 Å². The lowest BCUT2D eigenvalue weighted by atomic mass is 10.1. The Morgan fingerprint density at radius 2 is 2.05 bits per heavy atom. The summed E-state index contributed by atoms with van der Waals surface area (Å²) in [4.78, 5) is 14.5. The highest BCUT2D eigenvalue weighted by Crippen LogP contribution is 2.20. The van der Waals surface area contributed by atoms with Crippen molar-refractivity contribution in [2.45, 2.75) is 18.7 Å². The van der Waals surface area contributed by atoms with E-state index >= 15 is 0 Å². The lowest BCUT2D eigenvalue weighted by Crippen LogP contribution is -2.15. The van der Waals surface area contributed by atoms with Crippen LogP contribution in [-0.2, 0) is 10.0 Å². The fraction of sp³-hybridized carbons (Fsp3) is 0.182. The maximum atomic E-state index is 12.2. The van der Waals surface area contributed by atoms with Crippen LogP contribution >= 0.6 is 0 Å². The second-order valence-electron chi connectivity index (χ2n) is 4.04. The number of hydrogen-bond acceptors (Lipinski definition) is 6. The fourth-order valence-corrected chi connectivity index (χ4v) is 2.73. The van der Waals surface area contributed by atoms with Gasteiger partial charge in [-0.1, -0.05) is 11.2 Å². The van der Waals surface area contributed by atoms with Gasteiger partial charge in [0.2, 0.25) is 0 Å². The Morgan fingerprint density at radius 3 is 2.60 bits per heavy atom. The van der Waals surface area contributed by atoms with E-state index in [4.69, 9.17) is 5.11 Å². The minimum Gasteiger partial charge on any atom is -0.478 e. The molecule has 0 saturated heterocycles. The molecule has 0 spiro atoms. The predicted octanol–water partition coefficient (Wildman–Crippen LogP) is 1.19. The van der Waals surface area contributed by atoms with Crippen molar-refractivity contribution in [3.8, 4) is 0 Å². The zero-order valence-corrected chi connectivity index (χ0v) is 11.4. The van der Waals surface area contributed by atoms with Crippen molar-refractivity contribution in [2.75, 3.05) is 4.72 Å². The van der Waals surface area contributed by atoms with Crippen molar-refractivity contribution < 1.29 is 22.8 Å². The molecule has 1 aromatic carbocycles. The summed E-state index contributed by atoms with van der Waals surface area (Å²) in [6.07, 6.45) is 0. The van der Waals surface area contributed by atoms with Gasteiger partial charge in [-0.05, 0) is 31.5 Å². The number of nitrogens with zero attached hydrogens (tertiary/aromatic N) is 2. The second kappa shape index (κ2) is 4.93. The maximum Gasteiger partial charge on any atom is 0.335 e. The van der Waals surface area contributed by atoms with Gasteiger partial charge in [-0.15, -0.1) is 0 Å². The SMILES string of the molecule is Cc1noc(NS(=O)(=O)c2cc(C(=O)O)ccc2C)n1. The second-order valence-corrected chi connectivity index (χ2v) is 5.69. The van der Waals surface area contributed by atoms with Crippen LogP contribution in [0.3, 0.4) is 0 Å². The van der Waals surface area contributed by atoms with Crippen LogP contribution in [0.5, 0.6) is 0 Å². The van der Waals surface area contributed by atoms with Crippen LogP contribution in [0.15, 0.2) is 27.6 Å². The first kappa shape index (κ1) is 14.0. The van der Waals surface area contributed by atoms with Gasteiger partial charge in [-0.2, -0.15) is 4.98 Å². The number of aryl methyl sites for hydroxylation is 2. The lowest BCUT2D eigenvalue weighted by molar-refractivity contribution is 0.0696. The third-order valence-electron chi connectivity index (χ3n) is 2.47. The number of carboxylic acid groups (broad SMARTS) is 1. The van der Waals surface area contributed by atoms with Gasteiger partial charge < -0.3 is 9.63 Å². The highest BCUT2D eigenvalue weighted by molar-refractivity contribution is 7.92. The van der Waals surface area contributed by atoms with Gasteiger partial charge in [0.1, 0.15) is 0 Å². The van der Waals surface area contributed by atoms with Gasteiger partial charge in [0, 0.05) is 0 Å². The highest BCUT2D eigenvalue weighted by atomic mass is 32.2. The molecular weight excluding hydrogens is 286 g/mol. The molecule has 0 aliphatic rings. The average Bonchev–Trinajstić information content (AvgIpc) is 2.73. The Bertz CT molecular complexity index is 766. The van der Waals surface area contributed by atoms with Crippen molar-refractivity contribution >= 4 is 22.0 Å². The summed E-state index contributed by atoms with van der Waals surface area (Å²) in [5.74, 6) is -0.936. The summed E-state index contributed by atoms with van der Waals surface area (Å²) >= 11 is 0. The number of aromatic nitrogens is 2. The number of carboxylic acids is 1. The van der Waals surface area contributed by atoms with Crippen LogP contribution in [-0.4, -0.2) is 29.6 Å². The topological polar surface area (TPSA) is 122 Å². The molecule has 0 fully saturated rings. The molecule has 0 aliphatic heterocycles. The van der Waals surface area contributed by atoms with Gasteiger partial charge in [0.05, 0.1) is 10.5 Å². The van der Waals surface area contributed by atoms with E-state index in [-0.39, 0.29) is 22.3 Å². The molecule has 2 N–H and O–H groups in total. The minimum atomic E-state index is -4.00. The number of nitrogens with one attached hydrogen (secondary N) is 1. The van der Waals surface area contributed by atoms with Crippen LogP contribution in [0.1, 0.15) is 21.7 Å². The Hall–Kier alpha value is -2.42. The number of hydrogen-bond donors (Lipinski definition) is 2. The van der Waals surface area contributed by atoms with E-state index < -0.39 is 16.0 Å². The molecule has 0 saturated carbocycles. The van der Waals surface area contributed by atoms with Crippen molar-refractivity contribution in [3.05, 3.63) is 35.2 Å². The molecule has 0 unspecified atom stereocenters. The number of aromatic carboxylic acids is 1. The lowest BCUT2D eigenvalue weighted by Gasteiger charge is -2.08. The van der Waals surface area contributed by atoms with E-state index in [2.05, 4.69) is 19.4 Å². The first-order valence-electron chi connectivity index (χ1n) is 5.46. The number of anilines is 1. The van der Waals surface area contributed by atoms with Gasteiger partial charge in [0.15, 0.2) is 5.82 Å². The van der Waals surface area contributed by atoms with Crippen molar-refractivity contribution in [1.82, 2.24) is 10.1 Å². The van der Waals surface area contributed by atoms with Crippen LogP contribution in [0.2, 0.25) is 0 Å². The Labute approximate surface area is 114 Å². The first-order valence-corrected chi connectivity index (χ1v) is 6.95. The summed E-state index contributed by atoms with van der Waals surface area (Å²) in [6.45, 7) is 3.09. The summed E-state index contributed by atoms with van der Waals surface area (Å²) in [5.41, 5.74) is 0.274. The molecular formula is C11H11N3O5S. The Morgan fingerprint density at radius 1 is 1.35 bits per heavy atom. The van der Waals surface area contributed by atoms with Gasteiger partial charge in [-0.3, -0.25) is 0 Å². The van der Waals surface area contributed by atoms with Crippen LogP contribution in [0.25, 0.3) is 0 Å².